The topological polar surface area (TPSA) is 374 Å². The van der Waals surface area contributed by atoms with Gasteiger partial charge in [-0.15, -0.1) is 45.3 Å². The monoisotopic (exact) mass is 1900 g/mol. The SMILES string of the molecule is CCN(CC)CCNC(=O)c1c(C)[nH]c(/C=C2\C(=O)Nc3ccc(-c4csc(-c5cccnc5)n4)cc32)c1C.Cc1[nH]c(/C=C2\C(=O)Nc3ccc(-c4csc(-c5cccnc5)n4)cc32)c(C)c1C(=O)N1CCN(C)CC1.Cc1nc(-c2ccc3c(c2)/C(=C/c2[nH]c(C)c(C(=O)N4CCN(C)CC4)c2C)C(=O)N3)cs1.Cc1nc(-c2ccc3c(c2)/C(=C/c2[nH]c(C)c(C(=O)O)c2C)C(=O)N3)cs1. The van der Waals surface area contributed by atoms with Crippen LogP contribution in [-0.4, -0.2) is 219 Å². The molecule has 0 atom stereocenters. The van der Waals surface area contributed by atoms with Crippen LogP contribution in [0.2, 0.25) is 0 Å². The Labute approximate surface area is 808 Å². The Morgan fingerprint density at radius 2 is 0.723 bits per heavy atom. The molecule has 16 heterocycles. The summed E-state index contributed by atoms with van der Waals surface area (Å²) in [5, 5.41) is 36.0. The summed E-state index contributed by atoms with van der Waals surface area (Å²) in [6.07, 6.45) is 14.4. The summed E-state index contributed by atoms with van der Waals surface area (Å²) < 4.78 is 0. The van der Waals surface area contributed by atoms with Crippen molar-refractivity contribution in [3.05, 3.63) is 266 Å². The molecular formula is C104H104N20O9S4. The number of hydrogen-bond acceptors (Lipinski definition) is 21. The van der Waals surface area contributed by atoms with Gasteiger partial charge >= 0.3 is 5.97 Å². The first-order valence-electron chi connectivity index (χ1n) is 45.2. The summed E-state index contributed by atoms with van der Waals surface area (Å²) in [5.74, 6) is -1.68. The fourth-order valence-corrected chi connectivity index (χ4v) is 20.7. The highest BCUT2D eigenvalue weighted by Gasteiger charge is 2.35. The van der Waals surface area contributed by atoms with Gasteiger partial charge in [0.1, 0.15) is 10.0 Å². The molecule has 7 amide bonds. The van der Waals surface area contributed by atoms with Crippen LogP contribution in [0.15, 0.2) is 143 Å². The lowest BCUT2D eigenvalue weighted by molar-refractivity contribution is -0.111. The number of aromatic amines is 4. The maximum atomic E-state index is 13.3. The number of carboxylic acid groups (broad SMARTS) is 1. The van der Waals surface area contributed by atoms with E-state index in [4.69, 9.17) is 9.97 Å². The highest BCUT2D eigenvalue weighted by atomic mass is 32.1. The molecule has 33 heteroatoms. The molecule has 10 aromatic heterocycles. The van der Waals surface area contributed by atoms with Crippen molar-refractivity contribution in [3.63, 3.8) is 0 Å². The zero-order chi connectivity index (χ0) is 96.5. The van der Waals surface area contributed by atoms with E-state index < -0.39 is 5.97 Å². The number of nitrogens with zero attached hydrogens (tertiary/aromatic N) is 11. The lowest BCUT2D eigenvalue weighted by atomic mass is 10.0. The molecule has 0 aliphatic carbocycles. The van der Waals surface area contributed by atoms with E-state index in [0.717, 1.165) is 231 Å². The predicted molar refractivity (Wildman–Crippen MR) is 547 cm³/mol. The number of piperazine rings is 2. The van der Waals surface area contributed by atoms with Gasteiger partial charge in [0.2, 0.25) is 0 Å². The van der Waals surface area contributed by atoms with Gasteiger partial charge in [-0.3, -0.25) is 43.5 Å². The van der Waals surface area contributed by atoms with Crippen molar-refractivity contribution in [2.75, 3.05) is 114 Å². The Bertz CT molecular complexity index is 7250. The average molecular weight is 1910 g/mol. The molecule has 698 valence electrons. The molecule has 6 aliphatic rings. The number of aromatic nitrogens is 10. The number of amides is 7. The first-order chi connectivity index (χ1) is 65.9. The van der Waals surface area contributed by atoms with E-state index in [1.165, 1.54) is 0 Å². The zero-order valence-corrected chi connectivity index (χ0v) is 81.7. The lowest BCUT2D eigenvalue weighted by Crippen LogP contribution is -2.47. The molecule has 2 saturated heterocycles. The van der Waals surface area contributed by atoms with E-state index >= 15 is 0 Å². The van der Waals surface area contributed by atoms with E-state index in [1.54, 1.807) is 90.1 Å². The molecule has 0 radical (unpaired) electrons. The van der Waals surface area contributed by atoms with Gasteiger partial charge in [-0.05, 0) is 216 Å². The number of carbonyl (C=O) groups is 8. The van der Waals surface area contributed by atoms with Gasteiger partial charge in [0.25, 0.3) is 41.4 Å². The number of H-pyrrole nitrogens is 4. The fourth-order valence-electron chi connectivity index (χ4n) is 17.9. The van der Waals surface area contributed by atoms with Gasteiger partial charge in [0.05, 0.1) is 77.3 Å². The van der Waals surface area contributed by atoms with Crippen LogP contribution in [0.4, 0.5) is 22.7 Å². The third kappa shape index (κ3) is 19.8. The van der Waals surface area contributed by atoms with Gasteiger partial charge in [-0.2, -0.15) is 0 Å². The standard InChI is InChI=1S/C30H32N6O2S.C29H28N6O2S.C25H27N5O2S.C20H17N3O3S/c1-5-36(6-2)13-12-32-29(38)27-18(3)25(33-19(27)4)15-23-22-14-20(9-10-24(22)34-28(23)37)26-17-39-30(35-26)21-8-7-11-31-16-21;1-17-24(31-18(2)26(17)29(37)35-11-9-34(3)10-12-35)14-22-21-13-19(6-7-23(21)32-27(22)36)25-16-38-28(33-25)20-5-4-8-30-15-20;1-14-21(26-15(2)23(14)25(32)30-9-7-29(4)8-10-30)12-19-18-11-17(22-13-33-16(3)27-22)5-6-20(18)28-24(19)31;1-9-16(21-10(2)18(9)20(25)26)7-14-13-6-12(17-8-27-11(3)22-17)4-5-15(13)23-19(14)24/h7-11,14-17,33H,5-6,12-13H2,1-4H3,(H,32,38)(H,34,37);4-8,13-16,31H,9-12H2,1-3H3,(H,32,36);5-6,11-13,26H,7-10H2,1-4H3,(H,28,31);4-8,21H,1-3H3,(H,23,24)(H,25,26)/b23-15-;22-14-;19-12-;14-7-. The first-order valence-corrected chi connectivity index (χ1v) is 48.7. The van der Waals surface area contributed by atoms with Gasteiger partial charge < -0.3 is 76.1 Å². The summed E-state index contributed by atoms with van der Waals surface area (Å²) in [5.41, 5.74) is 29.0. The molecular weight excluding hydrogens is 1800 g/mol. The highest BCUT2D eigenvalue weighted by Crippen LogP contribution is 2.44. The number of carboxylic acids is 1. The van der Waals surface area contributed by atoms with E-state index in [9.17, 15) is 43.5 Å². The van der Waals surface area contributed by atoms with Crippen molar-refractivity contribution in [2.24, 2.45) is 0 Å². The minimum absolute atomic E-state index is 0.0421. The molecule has 20 rings (SSSR count). The average Bonchev–Trinajstić information content (AvgIpc) is 1.63. The number of likely N-dealkylation sites (N-methyl/N-ethyl adjacent to an activating group) is 3. The predicted octanol–water partition coefficient (Wildman–Crippen LogP) is 18.3. The van der Waals surface area contributed by atoms with Crippen LogP contribution < -0.4 is 26.6 Å². The van der Waals surface area contributed by atoms with Crippen LogP contribution >= 0.6 is 45.3 Å². The molecule has 2 fully saturated rings. The number of anilines is 4. The number of thiazole rings is 4. The Hall–Kier alpha value is -14.6. The van der Waals surface area contributed by atoms with Crippen LogP contribution in [0.1, 0.15) is 155 Å². The van der Waals surface area contributed by atoms with Crippen molar-refractivity contribution in [3.8, 4) is 66.2 Å². The van der Waals surface area contributed by atoms with Crippen molar-refractivity contribution >= 4 is 162 Å². The number of benzene rings is 4. The largest absolute Gasteiger partial charge is 0.478 e. The molecule has 0 saturated carbocycles. The normalized spacial score (nSPS) is 15.6. The maximum absolute atomic E-state index is 13.3. The molecule has 10 N–H and O–H groups in total. The number of carbonyl (C=O) groups excluding carboxylic acids is 7. The summed E-state index contributed by atoms with van der Waals surface area (Å²) in [6.45, 7) is 32.8. The van der Waals surface area contributed by atoms with Crippen molar-refractivity contribution in [2.45, 2.75) is 83.1 Å². The lowest BCUT2D eigenvalue weighted by Gasteiger charge is -2.32. The molecule has 14 aromatic rings. The van der Waals surface area contributed by atoms with Crippen molar-refractivity contribution in [1.29, 1.82) is 0 Å². The van der Waals surface area contributed by atoms with Crippen LogP contribution in [0.25, 0.3) is 113 Å². The zero-order valence-electron chi connectivity index (χ0n) is 78.4. The van der Waals surface area contributed by atoms with Gasteiger partial charge in [-0.25, -0.2) is 24.7 Å². The summed E-state index contributed by atoms with van der Waals surface area (Å²) >= 11 is 6.30. The van der Waals surface area contributed by atoms with Crippen molar-refractivity contribution < 1.29 is 43.5 Å². The summed E-state index contributed by atoms with van der Waals surface area (Å²) in [4.78, 5) is 153. The van der Waals surface area contributed by atoms with Crippen LogP contribution in [0.3, 0.4) is 0 Å². The molecule has 0 bridgehead atoms. The first kappa shape index (κ1) is 94.2. The molecule has 137 heavy (non-hydrogen) atoms. The second kappa shape index (κ2) is 40.1. The van der Waals surface area contributed by atoms with Gasteiger partial charge in [-0.1, -0.05) is 38.1 Å². The van der Waals surface area contributed by atoms with Crippen LogP contribution in [0.5, 0.6) is 0 Å². The number of aromatic carboxylic acids is 1. The third-order valence-electron chi connectivity index (χ3n) is 25.6. The van der Waals surface area contributed by atoms with E-state index in [1.807, 2.05) is 202 Å². The Kier molecular flexibility index (Phi) is 27.6. The summed E-state index contributed by atoms with van der Waals surface area (Å²) in [6, 6.07) is 31.2. The number of hydrogen-bond donors (Lipinski definition) is 10. The third-order valence-corrected chi connectivity index (χ3v) is 28.9. The van der Waals surface area contributed by atoms with Gasteiger partial charge in [0, 0.05) is 236 Å². The van der Waals surface area contributed by atoms with E-state index in [-0.39, 0.29) is 46.9 Å². The molecule has 0 unspecified atom stereocenters. The van der Waals surface area contributed by atoms with Crippen LogP contribution in [0, 0.1) is 69.2 Å². The van der Waals surface area contributed by atoms with Gasteiger partial charge in [0.15, 0.2) is 0 Å². The Morgan fingerprint density at radius 1 is 0.409 bits per heavy atom. The molecule has 29 nitrogen and oxygen atoms in total. The minimum Gasteiger partial charge on any atom is -0.478 e. The fraction of sp³-hybridized carbons (Fsp3) is 0.250. The van der Waals surface area contributed by atoms with Crippen molar-refractivity contribution in [1.82, 2.24) is 79.7 Å². The number of rotatable bonds is 19. The van der Waals surface area contributed by atoms with E-state index in [2.05, 4.69) is 109 Å². The summed E-state index contributed by atoms with van der Waals surface area (Å²) in [7, 11) is 4.15. The molecule has 6 aliphatic heterocycles. The second-order valence-electron chi connectivity index (χ2n) is 34.6. The number of nitrogens with one attached hydrogen (secondary N) is 9. The molecule has 0 spiro atoms. The number of pyridine rings is 2. The quantitative estimate of drug-likeness (QED) is 0.0336. The second-order valence-corrected chi connectivity index (χ2v) is 38.4. The Balaban J connectivity index is 0.000000128. The Morgan fingerprint density at radius 3 is 1.03 bits per heavy atom. The minimum atomic E-state index is -0.983. The molecule has 4 aromatic carbocycles. The number of aryl methyl sites for hydroxylation is 6. The maximum Gasteiger partial charge on any atom is 0.337 e. The van der Waals surface area contributed by atoms with E-state index in [0.29, 0.717) is 75.6 Å². The van der Waals surface area contributed by atoms with Crippen LogP contribution in [-0.2, 0) is 19.2 Å². The highest BCUT2D eigenvalue weighted by molar-refractivity contribution is 7.13. The number of fused-ring (bicyclic) bond motifs is 4. The smallest absolute Gasteiger partial charge is 0.337 e.